The first-order chi connectivity index (χ1) is 8.49. The fourth-order valence-electron chi connectivity index (χ4n) is 1.66. The Kier molecular flexibility index (Phi) is 3.56. The molecular weight excluding hydrogens is 248 g/mol. The molecule has 0 atom stereocenters. The normalized spacial score (nSPS) is 12.5. The van der Waals surface area contributed by atoms with Gasteiger partial charge in [-0.3, -0.25) is 0 Å². The van der Waals surface area contributed by atoms with Gasteiger partial charge in [0.1, 0.15) is 0 Å². The quantitative estimate of drug-likeness (QED) is 0.794. The summed E-state index contributed by atoms with van der Waals surface area (Å²) in [6.45, 7) is -0.912. The Hall–Kier alpha value is -1.56. The monoisotopic (exact) mass is 260 g/mol. The molecule has 0 radical (unpaired) electrons. The van der Waals surface area contributed by atoms with Crippen LogP contribution in [0.1, 0.15) is 5.56 Å². The van der Waals surface area contributed by atoms with E-state index in [1.54, 1.807) is 18.3 Å². The first kappa shape index (κ1) is 12.9. The second kappa shape index (κ2) is 4.97. The van der Waals surface area contributed by atoms with E-state index in [1.807, 2.05) is 12.1 Å². The van der Waals surface area contributed by atoms with Crippen molar-refractivity contribution in [1.29, 1.82) is 0 Å². The third-order valence-electron chi connectivity index (χ3n) is 2.63. The number of aromatic nitrogens is 1. The summed E-state index contributed by atoms with van der Waals surface area (Å²) in [5, 5.41) is 3.35. The summed E-state index contributed by atoms with van der Waals surface area (Å²) in [5.41, 5.74) is 1.64. The molecule has 2 aromatic rings. The Morgan fingerprint density at radius 2 is 2.00 bits per heavy atom. The largest absolute Gasteiger partial charge is 0.361 e. The van der Waals surface area contributed by atoms with Gasteiger partial charge in [-0.2, -0.15) is 8.78 Å². The Bertz CT molecular complexity index is 522. The van der Waals surface area contributed by atoms with Gasteiger partial charge in [-0.25, -0.2) is 8.78 Å². The van der Waals surface area contributed by atoms with E-state index < -0.39 is 18.9 Å². The molecule has 0 unspecified atom stereocenters. The fraction of sp³-hybridized carbons (Fsp3) is 0.333. The highest BCUT2D eigenvalue weighted by atomic mass is 19.3. The van der Waals surface area contributed by atoms with Crippen LogP contribution in [0.3, 0.4) is 0 Å². The molecule has 0 fully saturated rings. The van der Waals surface area contributed by atoms with Gasteiger partial charge in [-0.1, -0.05) is 12.1 Å². The lowest BCUT2D eigenvalue weighted by Gasteiger charge is -2.15. The highest BCUT2D eigenvalue weighted by Gasteiger charge is 2.39. The zero-order valence-electron chi connectivity index (χ0n) is 9.39. The summed E-state index contributed by atoms with van der Waals surface area (Å²) in [4.78, 5) is 2.99. The van der Waals surface area contributed by atoms with Crippen LogP contribution in [0, 0.1) is 0 Å². The highest BCUT2D eigenvalue weighted by molar-refractivity contribution is 5.79. The van der Waals surface area contributed by atoms with Crippen LogP contribution < -0.4 is 5.32 Å². The molecule has 0 aliphatic carbocycles. The third kappa shape index (κ3) is 2.81. The van der Waals surface area contributed by atoms with Crippen molar-refractivity contribution in [1.82, 2.24) is 10.3 Å². The molecule has 98 valence electrons. The lowest BCUT2D eigenvalue weighted by Crippen LogP contribution is -2.38. The third-order valence-corrected chi connectivity index (χ3v) is 2.63. The number of hydrogen-bond acceptors (Lipinski definition) is 1. The summed E-state index contributed by atoms with van der Waals surface area (Å²) >= 11 is 0. The van der Waals surface area contributed by atoms with Gasteiger partial charge in [-0.05, 0) is 23.1 Å². The molecule has 0 saturated carbocycles. The lowest BCUT2D eigenvalue weighted by molar-refractivity contribution is -0.125. The minimum atomic E-state index is -3.99. The minimum absolute atomic E-state index is 0.122. The number of hydrogen-bond donors (Lipinski definition) is 2. The smallest absolute Gasteiger partial charge is 0.319 e. The number of halogens is 4. The first-order valence-corrected chi connectivity index (χ1v) is 5.42. The molecular formula is C12H12F4N2. The summed E-state index contributed by atoms with van der Waals surface area (Å²) in [5.74, 6) is -3.99. The Balaban J connectivity index is 1.94. The Labute approximate surface area is 101 Å². The predicted octanol–water partition coefficient (Wildman–Crippen LogP) is 3.16. The molecule has 1 aromatic heterocycles. The molecule has 0 saturated heterocycles. The summed E-state index contributed by atoms with van der Waals surface area (Å²) in [7, 11) is 0. The van der Waals surface area contributed by atoms with Crippen molar-refractivity contribution in [2.75, 3.05) is 6.54 Å². The number of H-pyrrole nitrogens is 1. The second-order valence-electron chi connectivity index (χ2n) is 4.06. The maximum absolute atomic E-state index is 12.6. The number of fused-ring (bicyclic) bond motifs is 1. The molecule has 6 heteroatoms. The van der Waals surface area contributed by atoms with Crippen molar-refractivity contribution >= 4 is 10.9 Å². The van der Waals surface area contributed by atoms with E-state index in [-0.39, 0.29) is 6.54 Å². The average Bonchev–Trinajstić information content (AvgIpc) is 2.75. The molecule has 1 heterocycles. The lowest BCUT2D eigenvalue weighted by atomic mass is 10.1. The van der Waals surface area contributed by atoms with Crippen LogP contribution in [0.4, 0.5) is 17.6 Å². The SMILES string of the molecule is FC(F)C(F)(F)CNCc1ccc2cc[nH]c2c1. The Morgan fingerprint density at radius 3 is 2.72 bits per heavy atom. The van der Waals surface area contributed by atoms with Gasteiger partial charge in [0, 0.05) is 18.3 Å². The fourth-order valence-corrected chi connectivity index (χ4v) is 1.66. The van der Waals surface area contributed by atoms with Crippen LogP contribution in [0.2, 0.25) is 0 Å². The van der Waals surface area contributed by atoms with E-state index in [0.717, 1.165) is 16.5 Å². The van der Waals surface area contributed by atoms with Crippen LogP contribution >= 0.6 is 0 Å². The maximum Gasteiger partial charge on any atom is 0.319 e. The van der Waals surface area contributed by atoms with Gasteiger partial charge >= 0.3 is 12.3 Å². The van der Waals surface area contributed by atoms with Crippen molar-refractivity contribution in [3.8, 4) is 0 Å². The molecule has 2 N–H and O–H groups in total. The van der Waals surface area contributed by atoms with Gasteiger partial charge in [-0.15, -0.1) is 0 Å². The topological polar surface area (TPSA) is 27.8 Å². The molecule has 2 nitrogen and oxygen atoms in total. The van der Waals surface area contributed by atoms with Crippen molar-refractivity contribution in [2.24, 2.45) is 0 Å². The van der Waals surface area contributed by atoms with Crippen LogP contribution in [0.25, 0.3) is 10.9 Å². The molecule has 0 bridgehead atoms. The molecule has 1 aromatic carbocycles. The summed E-state index contributed by atoms with van der Waals surface area (Å²) in [6.07, 6.45) is -1.87. The van der Waals surface area contributed by atoms with Crippen molar-refractivity contribution in [3.05, 3.63) is 36.0 Å². The number of benzene rings is 1. The van der Waals surface area contributed by atoms with Crippen molar-refractivity contribution in [3.63, 3.8) is 0 Å². The van der Waals surface area contributed by atoms with Crippen LogP contribution in [0.5, 0.6) is 0 Å². The van der Waals surface area contributed by atoms with E-state index in [9.17, 15) is 17.6 Å². The maximum atomic E-state index is 12.6. The average molecular weight is 260 g/mol. The molecule has 18 heavy (non-hydrogen) atoms. The number of aromatic amines is 1. The first-order valence-electron chi connectivity index (χ1n) is 5.42. The van der Waals surface area contributed by atoms with Gasteiger partial charge < -0.3 is 10.3 Å². The zero-order chi connectivity index (χ0) is 13.2. The van der Waals surface area contributed by atoms with E-state index in [1.165, 1.54) is 0 Å². The van der Waals surface area contributed by atoms with Crippen molar-refractivity contribution in [2.45, 2.75) is 18.9 Å². The number of nitrogens with one attached hydrogen (secondary N) is 2. The van der Waals surface area contributed by atoms with Gasteiger partial charge in [0.15, 0.2) is 0 Å². The van der Waals surface area contributed by atoms with Crippen LogP contribution in [-0.2, 0) is 6.54 Å². The predicted molar refractivity (Wildman–Crippen MR) is 61.0 cm³/mol. The molecule has 0 amide bonds. The van der Waals surface area contributed by atoms with Crippen molar-refractivity contribution < 1.29 is 17.6 Å². The number of alkyl halides is 4. The highest BCUT2D eigenvalue weighted by Crippen LogP contribution is 2.21. The van der Waals surface area contributed by atoms with Gasteiger partial charge in [0.05, 0.1) is 6.54 Å². The van der Waals surface area contributed by atoms with Gasteiger partial charge in [0.2, 0.25) is 0 Å². The van der Waals surface area contributed by atoms with E-state index >= 15 is 0 Å². The molecule has 0 spiro atoms. The zero-order valence-corrected chi connectivity index (χ0v) is 9.39. The van der Waals surface area contributed by atoms with E-state index in [2.05, 4.69) is 10.3 Å². The Morgan fingerprint density at radius 1 is 1.22 bits per heavy atom. The standard InChI is InChI=1S/C12H12F4N2/c13-11(14)12(15,16)7-17-6-8-1-2-9-3-4-18-10(9)5-8/h1-5,11,17-18H,6-7H2. The minimum Gasteiger partial charge on any atom is -0.361 e. The summed E-state index contributed by atoms with van der Waals surface area (Å²) < 4.78 is 49.1. The van der Waals surface area contributed by atoms with Crippen LogP contribution in [-0.4, -0.2) is 23.9 Å². The molecule has 0 aliphatic heterocycles. The summed E-state index contributed by atoms with van der Waals surface area (Å²) in [6, 6.07) is 7.29. The van der Waals surface area contributed by atoms with E-state index in [4.69, 9.17) is 0 Å². The molecule has 2 rings (SSSR count). The van der Waals surface area contributed by atoms with E-state index in [0.29, 0.717) is 0 Å². The second-order valence-corrected chi connectivity index (χ2v) is 4.06. The van der Waals surface area contributed by atoms with Gasteiger partial charge in [0.25, 0.3) is 0 Å². The van der Waals surface area contributed by atoms with Crippen LogP contribution in [0.15, 0.2) is 30.5 Å². The number of rotatable bonds is 5. The molecule has 0 aliphatic rings.